The van der Waals surface area contributed by atoms with Crippen LogP contribution in [0.25, 0.3) is 0 Å². The van der Waals surface area contributed by atoms with Gasteiger partial charge in [0.2, 0.25) is 0 Å². The van der Waals surface area contributed by atoms with Crippen LogP contribution >= 0.6 is 0 Å². The standard InChI is InChI=1S/C25H48N4O2S/c1-4-26-18-10-11-21-27-19-8-6-7-9-20-28-22-12-13-25(29-5-2)32(30,31)24-16-14-23(3)15-17-24/h14-17,25-29H,4-13,18-22H2,1-3H3. The first-order valence-corrected chi connectivity index (χ1v) is 14.2. The third-order valence-corrected chi connectivity index (χ3v) is 7.72. The average molecular weight is 469 g/mol. The molecule has 0 fully saturated rings. The Morgan fingerprint density at radius 1 is 0.688 bits per heavy atom. The van der Waals surface area contributed by atoms with Gasteiger partial charge in [0.25, 0.3) is 0 Å². The summed E-state index contributed by atoms with van der Waals surface area (Å²) in [4.78, 5) is 0.407. The minimum Gasteiger partial charge on any atom is -0.317 e. The zero-order chi connectivity index (χ0) is 23.5. The Balaban J connectivity index is 2.06. The van der Waals surface area contributed by atoms with Crippen LogP contribution in [0.1, 0.15) is 70.8 Å². The number of nitrogens with one attached hydrogen (secondary N) is 4. The van der Waals surface area contributed by atoms with Gasteiger partial charge in [0.1, 0.15) is 5.37 Å². The molecule has 1 rings (SSSR count). The van der Waals surface area contributed by atoms with Crippen molar-refractivity contribution < 1.29 is 8.42 Å². The van der Waals surface area contributed by atoms with Gasteiger partial charge in [-0.05, 0) is 103 Å². The van der Waals surface area contributed by atoms with E-state index in [1.165, 1.54) is 38.5 Å². The Hall–Kier alpha value is -0.990. The Bertz CT molecular complexity index is 665. The number of hydrogen-bond donors (Lipinski definition) is 4. The largest absolute Gasteiger partial charge is 0.317 e. The van der Waals surface area contributed by atoms with Crippen LogP contribution < -0.4 is 21.3 Å². The zero-order valence-electron chi connectivity index (χ0n) is 20.7. The molecule has 32 heavy (non-hydrogen) atoms. The quantitative estimate of drug-likeness (QED) is 0.206. The fourth-order valence-corrected chi connectivity index (χ4v) is 5.39. The van der Waals surface area contributed by atoms with Crippen LogP contribution in [0.3, 0.4) is 0 Å². The Kier molecular flexibility index (Phi) is 16.7. The molecular weight excluding hydrogens is 420 g/mol. The Morgan fingerprint density at radius 2 is 1.19 bits per heavy atom. The number of rotatable bonds is 21. The highest BCUT2D eigenvalue weighted by atomic mass is 32.2. The SMILES string of the molecule is CCNCCCCNCCCCCCNCCCC(NCC)S(=O)(=O)c1ccc(C)cc1. The molecule has 186 valence electrons. The molecule has 0 aliphatic rings. The lowest BCUT2D eigenvalue weighted by atomic mass is 10.2. The van der Waals surface area contributed by atoms with Crippen molar-refractivity contribution in [1.82, 2.24) is 21.3 Å². The first-order chi connectivity index (χ1) is 15.5. The molecule has 0 aromatic heterocycles. The van der Waals surface area contributed by atoms with Crippen molar-refractivity contribution in [2.24, 2.45) is 0 Å². The van der Waals surface area contributed by atoms with Crippen LogP contribution in [0, 0.1) is 6.92 Å². The van der Waals surface area contributed by atoms with Gasteiger partial charge in [0, 0.05) is 0 Å². The second-order valence-electron chi connectivity index (χ2n) is 8.52. The molecule has 7 heteroatoms. The molecule has 0 spiro atoms. The summed E-state index contributed by atoms with van der Waals surface area (Å²) in [5.74, 6) is 0. The van der Waals surface area contributed by atoms with Crippen molar-refractivity contribution in [3.05, 3.63) is 29.8 Å². The van der Waals surface area contributed by atoms with E-state index in [4.69, 9.17) is 0 Å². The summed E-state index contributed by atoms with van der Waals surface area (Å²) in [5.41, 5.74) is 1.07. The van der Waals surface area contributed by atoms with E-state index in [1.54, 1.807) is 12.1 Å². The normalized spacial score (nSPS) is 12.8. The molecule has 0 aliphatic heterocycles. The lowest BCUT2D eigenvalue weighted by molar-refractivity contribution is 0.510. The lowest BCUT2D eigenvalue weighted by Crippen LogP contribution is -2.37. The third-order valence-electron chi connectivity index (χ3n) is 5.64. The number of benzene rings is 1. The predicted molar refractivity (Wildman–Crippen MR) is 137 cm³/mol. The monoisotopic (exact) mass is 468 g/mol. The summed E-state index contributed by atoms with van der Waals surface area (Å²) in [5, 5.41) is 13.0. The molecule has 0 bridgehead atoms. The molecular formula is C25H48N4O2S. The minimum atomic E-state index is -3.35. The number of aryl methyl sites for hydroxylation is 1. The van der Waals surface area contributed by atoms with Gasteiger partial charge < -0.3 is 21.3 Å². The molecule has 0 amide bonds. The van der Waals surface area contributed by atoms with E-state index < -0.39 is 15.2 Å². The molecule has 4 N–H and O–H groups in total. The molecule has 1 unspecified atom stereocenters. The van der Waals surface area contributed by atoms with Crippen molar-refractivity contribution >= 4 is 9.84 Å². The van der Waals surface area contributed by atoms with E-state index >= 15 is 0 Å². The molecule has 1 atom stereocenters. The Labute approximate surface area is 197 Å². The van der Waals surface area contributed by atoms with Crippen molar-refractivity contribution in [3.63, 3.8) is 0 Å². The van der Waals surface area contributed by atoms with Crippen LogP contribution in [0.15, 0.2) is 29.2 Å². The predicted octanol–water partition coefficient (Wildman–Crippen LogP) is 3.61. The zero-order valence-corrected chi connectivity index (χ0v) is 21.5. The molecule has 0 aliphatic carbocycles. The second kappa shape index (κ2) is 18.4. The van der Waals surface area contributed by atoms with Crippen LogP contribution in [-0.2, 0) is 9.84 Å². The van der Waals surface area contributed by atoms with Gasteiger partial charge in [-0.3, -0.25) is 0 Å². The third kappa shape index (κ3) is 12.9. The first-order valence-electron chi connectivity index (χ1n) is 12.7. The molecule has 6 nitrogen and oxygen atoms in total. The first kappa shape index (κ1) is 29.0. The van der Waals surface area contributed by atoms with Crippen molar-refractivity contribution in [3.8, 4) is 0 Å². The van der Waals surface area contributed by atoms with E-state index in [0.29, 0.717) is 17.9 Å². The smallest absolute Gasteiger partial charge is 0.194 e. The molecule has 1 aromatic carbocycles. The fourth-order valence-electron chi connectivity index (χ4n) is 3.68. The van der Waals surface area contributed by atoms with Gasteiger partial charge in [-0.2, -0.15) is 0 Å². The molecule has 0 radical (unpaired) electrons. The fraction of sp³-hybridized carbons (Fsp3) is 0.760. The summed E-state index contributed by atoms with van der Waals surface area (Å²) in [7, 11) is -3.35. The second-order valence-corrected chi connectivity index (χ2v) is 10.7. The highest BCUT2D eigenvalue weighted by Gasteiger charge is 2.26. The molecule has 1 aromatic rings. The maximum Gasteiger partial charge on any atom is 0.194 e. The van der Waals surface area contributed by atoms with Crippen molar-refractivity contribution in [2.75, 3.05) is 45.8 Å². The van der Waals surface area contributed by atoms with E-state index in [2.05, 4.69) is 28.2 Å². The summed E-state index contributed by atoms with van der Waals surface area (Å²) in [6, 6.07) is 7.15. The maximum absolute atomic E-state index is 12.9. The van der Waals surface area contributed by atoms with Gasteiger partial charge >= 0.3 is 0 Å². The van der Waals surface area contributed by atoms with Gasteiger partial charge in [-0.25, -0.2) is 8.42 Å². The van der Waals surface area contributed by atoms with Crippen LogP contribution in [-0.4, -0.2) is 59.6 Å². The highest BCUT2D eigenvalue weighted by Crippen LogP contribution is 2.18. The highest BCUT2D eigenvalue weighted by molar-refractivity contribution is 7.92. The van der Waals surface area contributed by atoms with Crippen LogP contribution in [0.4, 0.5) is 0 Å². The molecule has 0 saturated heterocycles. The maximum atomic E-state index is 12.9. The van der Waals surface area contributed by atoms with Gasteiger partial charge in [0.15, 0.2) is 9.84 Å². The molecule has 0 heterocycles. The van der Waals surface area contributed by atoms with Gasteiger partial charge in [0.05, 0.1) is 4.90 Å². The van der Waals surface area contributed by atoms with Gasteiger partial charge in [-0.1, -0.05) is 44.4 Å². The van der Waals surface area contributed by atoms with E-state index in [-0.39, 0.29) is 0 Å². The van der Waals surface area contributed by atoms with E-state index in [0.717, 1.165) is 51.3 Å². The minimum absolute atomic E-state index is 0.407. The van der Waals surface area contributed by atoms with Crippen molar-refractivity contribution in [2.45, 2.75) is 82.4 Å². The summed E-state index contributed by atoms with van der Waals surface area (Å²) >= 11 is 0. The topological polar surface area (TPSA) is 82.3 Å². The van der Waals surface area contributed by atoms with Gasteiger partial charge in [-0.15, -0.1) is 0 Å². The summed E-state index contributed by atoms with van der Waals surface area (Å²) in [6.07, 6.45) is 8.91. The number of sulfone groups is 1. The number of unbranched alkanes of at least 4 members (excludes halogenated alkanes) is 4. The summed E-state index contributed by atoms with van der Waals surface area (Å²) < 4.78 is 25.9. The van der Waals surface area contributed by atoms with Crippen molar-refractivity contribution in [1.29, 1.82) is 0 Å². The molecule has 0 saturated carbocycles. The number of hydrogen-bond acceptors (Lipinski definition) is 6. The Morgan fingerprint density at radius 3 is 1.72 bits per heavy atom. The van der Waals surface area contributed by atoms with Crippen LogP contribution in [0.5, 0.6) is 0 Å². The van der Waals surface area contributed by atoms with E-state index in [9.17, 15) is 8.42 Å². The summed E-state index contributed by atoms with van der Waals surface area (Å²) in [6.45, 7) is 13.0. The lowest BCUT2D eigenvalue weighted by Gasteiger charge is -2.19. The van der Waals surface area contributed by atoms with E-state index in [1.807, 2.05) is 26.0 Å². The van der Waals surface area contributed by atoms with Crippen LogP contribution in [0.2, 0.25) is 0 Å². The average Bonchev–Trinajstić information content (AvgIpc) is 2.78.